The van der Waals surface area contributed by atoms with E-state index < -0.39 is 33.7 Å². The molecule has 39 heavy (non-hydrogen) atoms. The number of nitrogens with zero attached hydrogens (tertiary/aromatic N) is 2. The van der Waals surface area contributed by atoms with Crippen LogP contribution >= 0.6 is 0 Å². The van der Waals surface area contributed by atoms with Crippen LogP contribution in [0, 0.1) is 13.8 Å². The van der Waals surface area contributed by atoms with Gasteiger partial charge in [-0.2, -0.15) is 4.98 Å². The average molecular weight is 557 g/mol. The second-order valence-electron chi connectivity index (χ2n) is 9.98. The van der Waals surface area contributed by atoms with Crippen LogP contribution in [0.15, 0.2) is 53.4 Å². The third-order valence-corrected chi connectivity index (χ3v) is 6.63. The van der Waals surface area contributed by atoms with E-state index >= 15 is 0 Å². The van der Waals surface area contributed by atoms with Gasteiger partial charge in [-0.15, -0.1) is 0 Å². The van der Waals surface area contributed by atoms with E-state index in [4.69, 9.17) is 9.47 Å². The predicted octanol–water partition coefficient (Wildman–Crippen LogP) is 4.55. The smallest absolute Gasteiger partial charge is 0.407 e. The minimum Gasteiger partial charge on any atom is -0.478 e. The number of carboxylic acid groups (broad SMARTS) is 1. The van der Waals surface area contributed by atoms with Crippen molar-refractivity contribution in [1.29, 1.82) is 0 Å². The van der Waals surface area contributed by atoms with Crippen LogP contribution in [-0.4, -0.2) is 53.8 Å². The topological polar surface area (TPSA) is 157 Å². The lowest BCUT2D eigenvalue weighted by molar-refractivity contribution is 0.0492. The molecule has 12 heteroatoms. The van der Waals surface area contributed by atoms with Crippen LogP contribution in [0.1, 0.15) is 49.2 Å². The monoisotopic (exact) mass is 556 g/mol. The maximum atomic E-state index is 13.1. The van der Waals surface area contributed by atoms with Gasteiger partial charge < -0.3 is 19.9 Å². The van der Waals surface area contributed by atoms with Gasteiger partial charge in [0.25, 0.3) is 10.0 Å². The number of carbonyl (C=O) groups is 2. The fraction of sp³-hybridized carbons (Fsp3) is 0.333. The molecule has 0 fully saturated rings. The molecule has 3 aromatic rings. The number of carbonyl (C=O) groups excluding carboxylic acids is 1. The van der Waals surface area contributed by atoms with Gasteiger partial charge in [0, 0.05) is 11.6 Å². The summed E-state index contributed by atoms with van der Waals surface area (Å²) in [6.07, 6.45) is -0.602. The molecule has 0 aliphatic rings. The predicted molar refractivity (Wildman–Crippen MR) is 145 cm³/mol. The standard InChI is InChI=1S/C27H32N4O7S/c1-16-9-7-10-17(2)23(16)21-14-22(37-15-18(3)28-26(34)38-27(4,5)6)30-25(29-21)31-39(35,36)20-12-8-11-19(13-20)24(32)33/h7-14,18H,15H2,1-6H3,(H,28,34)(H,32,33)(H,29,30,31)/t18-/m1/s1. The maximum Gasteiger partial charge on any atom is 0.407 e. The molecule has 0 radical (unpaired) electrons. The van der Waals surface area contributed by atoms with Crippen LogP contribution in [0.3, 0.4) is 0 Å². The molecule has 1 heterocycles. The van der Waals surface area contributed by atoms with E-state index in [1.54, 1.807) is 33.8 Å². The van der Waals surface area contributed by atoms with Crippen LogP contribution in [0.4, 0.5) is 10.7 Å². The summed E-state index contributed by atoms with van der Waals surface area (Å²) in [4.78, 5) is 31.8. The van der Waals surface area contributed by atoms with Crippen LogP contribution < -0.4 is 14.8 Å². The van der Waals surface area contributed by atoms with E-state index in [0.717, 1.165) is 22.8 Å². The van der Waals surface area contributed by atoms with Crippen LogP contribution in [0.5, 0.6) is 5.88 Å². The van der Waals surface area contributed by atoms with Crippen molar-refractivity contribution in [1.82, 2.24) is 15.3 Å². The van der Waals surface area contributed by atoms with Crippen LogP contribution in [0.2, 0.25) is 0 Å². The summed E-state index contributed by atoms with van der Waals surface area (Å²) < 4.78 is 39.6. The van der Waals surface area contributed by atoms with Crippen molar-refractivity contribution >= 4 is 28.0 Å². The first kappa shape index (κ1) is 29.4. The molecule has 0 saturated carbocycles. The summed E-state index contributed by atoms with van der Waals surface area (Å²) in [5.74, 6) is -1.46. The highest BCUT2D eigenvalue weighted by Gasteiger charge is 2.21. The van der Waals surface area contributed by atoms with Gasteiger partial charge in [-0.3, -0.25) is 0 Å². The first-order chi connectivity index (χ1) is 18.1. The van der Waals surface area contributed by atoms with E-state index in [9.17, 15) is 23.1 Å². The van der Waals surface area contributed by atoms with Gasteiger partial charge in [-0.05, 0) is 70.9 Å². The number of sulfonamides is 1. The number of hydrogen-bond donors (Lipinski definition) is 3. The van der Waals surface area contributed by atoms with Crippen molar-refractivity contribution in [3.05, 3.63) is 65.2 Å². The highest BCUT2D eigenvalue weighted by atomic mass is 32.2. The molecular weight excluding hydrogens is 524 g/mol. The normalized spacial score (nSPS) is 12.4. The number of aromatic carboxylic acids is 1. The number of nitrogens with one attached hydrogen (secondary N) is 2. The van der Waals surface area contributed by atoms with Gasteiger partial charge in [-0.25, -0.2) is 27.7 Å². The number of hydrogen-bond acceptors (Lipinski definition) is 8. The van der Waals surface area contributed by atoms with E-state index in [0.29, 0.717) is 5.69 Å². The van der Waals surface area contributed by atoms with Gasteiger partial charge in [-0.1, -0.05) is 24.3 Å². The van der Waals surface area contributed by atoms with Crippen molar-refractivity contribution in [3.63, 3.8) is 0 Å². The molecule has 0 aliphatic heterocycles. The number of ether oxygens (including phenoxy) is 2. The molecule has 0 spiro atoms. The molecule has 3 N–H and O–H groups in total. The molecular formula is C27H32N4O7S. The zero-order valence-electron chi connectivity index (χ0n) is 22.6. The summed E-state index contributed by atoms with van der Waals surface area (Å²) in [5.41, 5.74) is 2.16. The molecule has 208 valence electrons. The molecule has 0 unspecified atom stereocenters. The minimum absolute atomic E-state index is 0.00922. The summed E-state index contributed by atoms with van der Waals surface area (Å²) in [5, 5.41) is 11.9. The fourth-order valence-electron chi connectivity index (χ4n) is 3.63. The van der Waals surface area contributed by atoms with Gasteiger partial charge in [0.1, 0.15) is 12.2 Å². The first-order valence-electron chi connectivity index (χ1n) is 12.1. The zero-order chi connectivity index (χ0) is 29.0. The highest BCUT2D eigenvalue weighted by molar-refractivity contribution is 7.92. The number of aryl methyl sites for hydroxylation is 2. The molecule has 1 atom stereocenters. The third kappa shape index (κ3) is 8.14. The summed E-state index contributed by atoms with van der Waals surface area (Å²) in [6, 6.07) is 11.8. The van der Waals surface area contributed by atoms with Crippen molar-refractivity contribution in [3.8, 4) is 17.1 Å². The van der Waals surface area contributed by atoms with E-state index in [1.165, 1.54) is 18.2 Å². The fourth-order valence-corrected chi connectivity index (χ4v) is 4.62. The Morgan fingerprint density at radius 3 is 2.28 bits per heavy atom. The lowest BCUT2D eigenvalue weighted by Gasteiger charge is -2.22. The van der Waals surface area contributed by atoms with Crippen molar-refractivity contribution in [2.24, 2.45) is 0 Å². The summed E-state index contributed by atoms with van der Waals surface area (Å²) in [6.45, 7) is 10.8. The quantitative estimate of drug-likeness (QED) is 0.344. The molecule has 2 aromatic carbocycles. The molecule has 1 amide bonds. The second kappa shape index (κ2) is 11.7. The summed E-state index contributed by atoms with van der Waals surface area (Å²) >= 11 is 0. The Hall–Kier alpha value is -4.19. The molecule has 0 saturated heterocycles. The number of amides is 1. The van der Waals surface area contributed by atoms with Gasteiger partial charge in [0.05, 0.1) is 22.2 Å². The molecule has 3 rings (SSSR count). The largest absolute Gasteiger partial charge is 0.478 e. The Morgan fingerprint density at radius 1 is 1.03 bits per heavy atom. The number of alkyl carbamates (subject to hydrolysis) is 1. The Labute approximate surface area is 227 Å². The van der Waals surface area contributed by atoms with E-state index in [1.807, 2.05) is 32.0 Å². The summed E-state index contributed by atoms with van der Waals surface area (Å²) in [7, 11) is -4.24. The molecule has 1 aromatic heterocycles. The number of aromatic nitrogens is 2. The SMILES string of the molecule is Cc1cccc(C)c1-c1cc(OC[C@@H](C)NC(=O)OC(C)(C)C)nc(NS(=O)(=O)c2cccc(C(=O)O)c2)n1. The van der Waals surface area contributed by atoms with Crippen molar-refractivity contribution < 1.29 is 32.6 Å². The van der Waals surface area contributed by atoms with Gasteiger partial charge >= 0.3 is 12.1 Å². The zero-order valence-corrected chi connectivity index (χ0v) is 23.4. The molecule has 0 bridgehead atoms. The van der Waals surface area contributed by atoms with Crippen LogP contribution in [0.25, 0.3) is 11.3 Å². The lowest BCUT2D eigenvalue weighted by atomic mass is 10.00. The van der Waals surface area contributed by atoms with Gasteiger partial charge in [0.15, 0.2) is 0 Å². The number of benzene rings is 2. The van der Waals surface area contributed by atoms with E-state index in [2.05, 4.69) is 20.0 Å². The Kier molecular flexibility index (Phi) is 8.80. The second-order valence-corrected chi connectivity index (χ2v) is 11.7. The average Bonchev–Trinajstić information content (AvgIpc) is 2.81. The number of rotatable bonds is 9. The Balaban J connectivity index is 1.93. The molecule has 0 aliphatic carbocycles. The maximum absolute atomic E-state index is 13.1. The number of anilines is 1. The first-order valence-corrected chi connectivity index (χ1v) is 13.6. The van der Waals surface area contributed by atoms with Crippen molar-refractivity contribution in [2.45, 2.75) is 58.1 Å². The van der Waals surface area contributed by atoms with E-state index in [-0.39, 0.29) is 28.9 Å². The van der Waals surface area contributed by atoms with Crippen molar-refractivity contribution in [2.75, 3.05) is 11.3 Å². The minimum atomic E-state index is -4.24. The third-order valence-electron chi connectivity index (χ3n) is 5.30. The van der Waals surface area contributed by atoms with Crippen LogP contribution in [-0.2, 0) is 14.8 Å². The van der Waals surface area contributed by atoms with Gasteiger partial charge in [0.2, 0.25) is 11.8 Å². The Morgan fingerprint density at radius 2 is 1.67 bits per heavy atom. The highest BCUT2D eigenvalue weighted by Crippen LogP contribution is 2.29. The lowest BCUT2D eigenvalue weighted by Crippen LogP contribution is -2.40. The number of carboxylic acids is 1. The molecule has 11 nitrogen and oxygen atoms in total. The Bertz CT molecular complexity index is 1460.